The van der Waals surface area contributed by atoms with Crippen LogP contribution in [-0.4, -0.2) is 6.54 Å². The Morgan fingerprint density at radius 2 is 1.84 bits per heavy atom. The van der Waals surface area contributed by atoms with Crippen molar-refractivity contribution in [3.8, 4) is 11.5 Å². The standard InChI is InChI=1S/C15H15ClFNO/c1-10-8-12(3-2-11(10)6-7-18)19-13-4-5-14(16)15(17)9-13/h2-5,8-9H,6-7,18H2,1H3. The fourth-order valence-electron chi connectivity index (χ4n) is 1.84. The van der Waals surface area contributed by atoms with Gasteiger partial charge in [0.2, 0.25) is 0 Å². The van der Waals surface area contributed by atoms with Gasteiger partial charge in [-0.15, -0.1) is 0 Å². The number of benzene rings is 2. The monoisotopic (exact) mass is 279 g/mol. The number of aryl methyl sites for hydroxylation is 1. The number of hydrogen-bond donors (Lipinski definition) is 1. The highest BCUT2D eigenvalue weighted by Gasteiger charge is 2.05. The molecule has 0 saturated heterocycles. The quantitative estimate of drug-likeness (QED) is 0.915. The predicted octanol–water partition coefficient (Wildman–Crippen LogP) is 4.08. The summed E-state index contributed by atoms with van der Waals surface area (Å²) in [5.41, 5.74) is 7.84. The molecule has 2 N–H and O–H groups in total. The molecule has 0 atom stereocenters. The second-order valence-corrected chi connectivity index (χ2v) is 4.71. The molecule has 0 spiro atoms. The Kier molecular flexibility index (Phi) is 4.40. The molecule has 0 heterocycles. The van der Waals surface area contributed by atoms with Gasteiger partial charge in [0.1, 0.15) is 17.3 Å². The Bertz CT molecular complexity index is 586. The summed E-state index contributed by atoms with van der Waals surface area (Å²) < 4.78 is 18.9. The molecule has 2 aromatic rings. The van der Waals surface area contributed by atoms with Crippen molar-refractivity contribution in [2.24, 2.45) is 5.73 Å². The summed E-state index contributed by atoms with van der Waals surface area (Å²) in [7, 11) is 0. The third kappa shape index (κ3) is 3.46. The third-order valence-electron chi connectivity index (χ3n) is 2.85. The van der Waals surface area contributed by atoms with Crippen molar-refractivity contribution >= 4 is 11.6 Å². The molecule has 0 aliphatic rings. The summed E-state index contributed by atoms with van der Waals surface area (Å²) in [6.07, 6.45) is 0.835. The van der Waals surface area contributed by atoms with Crippen LogP contribution in [0.15, 0.2) is 36.4 Å². The topological polar surface area (TPSA) is 35.2 Å². The lowest BCUT2D eigenvalue weighted by Gasteiger charge is -2.09. The molecule has 2 aromatic carbocycles. The van der Waals surface area contributed by atoms with E-state index in [9.17, 15) is 4.39 Å². The molecule has 2 rings (SSSR count). The first-order valence-corrected chi connectivity index (χ1v) is 6.40. The maximum atomic E-state index is 13.3. The van der Waals surface area contributed by atoms with Crippen molar-refractivity contribution in [1.29, 1.82) is 0 Å². The molecule has 0 aliphatic heterocycles. The van der Waals surface area contributed by atoms with Crippen LogP contribution >= 0.6 is 11.6 Å². The maximum absolute atomic E-state index is 13.3. The number of nitrogens with two attached hydrogens (primary N) is 1. The van der Waals surface area contributed by atoms with E-state index in [1.165, 1.54) is 17.7 Å². The zero-order chi connectivity index (χ0) is 13.8. The van der Waals surface area contributed by atoms with Crippen LogP contribution in [0.1, 0.15) is 11.1 Å². The van der Waals surface area contributed by atoms with Crippen LogP contribution in [0.2, 0.25) is 5.02 Å². The minimum absolute atomic E-state index is 0.0850. The summed E-state index contributed by atoms with van der Waals surface area (Å²) in [5, 5.41) is 0.0850. The second-order valence-electron chi connectivity index (χ2n) is 4.30. The van der Waals surface area contributed by atoms with Crippen LogP contribution in [0.4, 0.5) is 4.39 Å². The van der Waals surface area contributed by atoms with E-state index in [2.05, 4.69) is 0 Å². The van der Waals surface area contributed by atoms with E-state index >= 15 is 0 Å². The van der Waals surface area contributed by atoms with Gasteiger partial charge in [-0.2, -0.15) is 0 Å². The van der Waals surface area contributed by atoms with E-state index in [4.69, 9.17) is 22.1 Å². The lowest BCUT2D eigenvalue weighted by atomic mass is 10.1. The van der Waals surface area contributed by atoms with Crippen molar-refractivity contribution in [2.75, 3.05) is 6.54 Å². The molecular weight excluding hydrogens is 265 g/mol. The average Bonchev–Trinajstić information content (AvgIpc) is 2.37. The van der Waals surface area contributed by atoms with Crippen molar-refractivity contribution in [1.82, 2.24) is 0 Å². The largest absolute Gasteiger partial charge is 0.457 e. The van der Waals surface area contributed by atoms with Gasteiger partial charge in [-0.3, -0.25) is 0 Å². The molecule has 0 unspecified atom stereocenters. The molecule has 0 amide bonds. The van der Waals surface area contributed by atoms with Crippen molar-refractivity contribution < 1.29 is 9.13 Å². The average molecular weight is 280 g/mol. The summed E-state index contributed by atoms with van der Waals surface area (Å²) in [6.45, 7) is 2.61. The Morgan fingerprint density at radius 1 is 1.16 bits per heavy atom. The van der Waals surface area contributed by atoms with E-state index in [1.807, 2.05) is 25.1 Å². The van der Waals surface area contributed by atoms with Crippen LogP contribution in [0.3, 0.4) is 0 Å². The molecule has 0 aromatic heterocycles. The maximum Gasteiger partial charge on any atom is 0.145 e. The van der Waals surface area contributed by atoms with Gasteiger partial charge >= 0.3 is 0 Å². The first kappa shape index (κ1) is 13.8. The van der Waals surface area contributed by atoms with Crippen molar-refractivity contribution in [3.63, 3.8) is 0 Å². The van der Waals surface area contributed by atoms with E-state index in [1.54, 1.807) is 6.07 Å². The molecule has 0 radical (unpaired) electrons. The molecule has 2 nitrogen and oxygen atoms in total. The van der Waals surface area contributed by atoms with Gasteiger partial charge in [-0.25, -0.2) is 4.39 Å². The van der Waals surface area contributed by atoms with Crippen LogP contribution < -0.4 is 10.5 Å². The van der Waals surface area contributed by atoms with E-state index in [0.29, 0.717) is 18.0 Å². The highest BCUT2D eigenvalue weighted by Crippen LogP contribution is 2.26. The minimum atomic E-state index is -0.490. The van der Waals surface area contributed by atoms with Gasteiger partial charge in [0, 0.05) is 6.07 Å². The van der Waals surface area contributed by atoms with Crippen LogP contribution in [0.5, 0.6) is 11.5 Å². The molecule has 0 saturated carbocycles. The van der Waals surface area contributed by atoms with E-state index in [-0.39, 0.29) is 5.02 Å². The highest BCUT2D eigenvalue weighted by molar-refractivity contribution is 6.30. The van der Waals surface area contributed by atoms with Gasteiger partial charge in [0.05, 0.1) is 5.02 Å². The minimum Gasteiger partial charge on any atom is -0.457 e. The van der Waals surface area contributed by atoms with Gasteiger partial charge < -0.3 is 10.5 Å². The smallest absolute Gasteiger partial charge is 0.145 e. The van der Waals surface area contributed by atoms with Gasteiger partial charge in [-0.05, 0) is 55.3 Å². The summed E-state index contributed by atoms with van der Waals surface area (Å²) in [4.78, 5) is 0. The van der Waals surface area contributed by atoms with Gasteiger partial charge in [-0.1, -0.05) is 17.7 Å². The Morgan fingerprint density at radius 3 is 2.47 bits per heavy atom. The molecule has 4 heteroatoms. The van der Waals surface area contributed by atoms with Crippen LogP contribution in [0.25, 0.3) is 0 Å². The Hall–Kier alpha value is -1.58. The van der Waals surface area contributed by atoms with Crippen LogP contribution in [-0.2, 0) is 6.42 Å². The Balaban J connectivity index is 2.19. The number of ether oxygens (including phenoxy) is 1. The van der Waals surface area contributed by atoms with E-state index < -0.39 is 5.82 Å². The molecule has 100 valence electrons. The van der Waals surface area contributed by atoms with Gasteiger partial charge in [0.25, 0.3) is 0 Å². The molecular formula is C15H15ClFNO. The molecule has 19 heavy (non-hydrogen) atoms. The van der Waals surface area contributed by atoms with Crippen molar-refractivity contribution in [2.45, 2.75) is 13.3 Å². The molecule has 0 aliphatic carbocycles. The fourth-order valence-corrected chi connectivity index (χ4v) is 1.96. The summed E-state index contributed by atoms with van der Waals surface area (Å²) in [6, 6.07) is 10.1. The first-order valence-electron chi connectivity index (χ1n) is 6.02. The zero-order valence-electron chi connectivity index (χ0n) is 10.6. The number of hydrogen-bond acceptors (Lipinski definition) is 2. The Labute approximate surface area is 117 Å². The summed E-state index contributed by atoms with van der Waals surface area (Å²) in [5.74, 6) is 0.600. The van der Waals surface area contributed by atoms with Gasteiger partial charge in [0.15, 0.2) is 0 Å². The fraction of sp³-hybridized carbons (Fsp3) is 0.200. The lowest BCUT2D eigenvalue weighted by Crippen LogP contribution is -2.04. The molecule has 0 fully saturated rings. The zero-order valence-corrected chi connectivity index (χ0v) is 11.4. The second kappa shape index (κ2) is 6.04. The van der Waals surface area contributed by atoms with Crippen LogP contribution in [0, 0.1) is 12.7 Å². The first-order chi connectivity index (χ1) is 9.10. The SMILES string of the molecule is Cc1cc(Oc2ccc(Cl)c(F)c2)ccc1CCN. The predicted molar refractivity (Wildman–Crippen MR) is 75.4 cm³/mol. The van der Waals surface area contributed by atoms with Crippen molar-refractivity contribution in [3.05, 3.63) is 58.4 Å². The third-order valence-corrected chi connectivity index (χ3v) is 3.16. The normalized spacial score (nSPS) is 10.5. The number of halogens is 2. The summed E-state index contributed by atoms with van der Waals surface area (Å²) >= 11 is 5.62. The lowest BCUT2D eigenvalue weighted by molar-refractivity contribution is 0.476. The number of rotatable bonds is 4. The highest BCUT2D eigenvalue weighted by atomic mass is 35.5. The van der Waals surface area contributed by atoms with E-state index in [0.717, 1.165) is 12.0 Å². The molecule has 0 bridgehead atoms.